The third kappa shape index (κ3) is 15.1. The summed E-state index contributed by atoms with van der Waals surface area (Å²) in [6.45, 7) is 5.81. The summed E-state index contributed by atoms with van der Waals surface area (Å²) < 4.78 is 0. The van der Waals surface area contributed by atoms with Gasteiger partial charge in [-0.2, -0.15) is 0 Å². The van der Waals surface area contributed by atoms with Gasteiger partial charge in [-0.3, -0.25) is 43.3 Å². The number of fused-ring (bicyclic) bond motifs is 2. The van der Waals surface area contributed by atoms with E-state index in [0.717, 1.165) is 5.56 Å². The molecule has 0 saturated carbocycles. The molecule has 3 aliphatic heterocycles. The lowest BCUT2D eigenvalue weighted by Gasteiger charge is -2.34. The number of hydrogen-bond donors (Lipinski definition) is 8. The molecule has 380 valence electrons. The molecule has 3 fully saturated rings. The Kier molecular flexibility index (Phi) is 19.1. The van der Waals surface area contributed by atoms with Crippen molar-refractivity contribution in [2.45, 2.75) is 133 Å². The first kappa shape index (κ1) is 53.0. The molecule has 3 saturated heterocycles. The Morgan fingerprint density at radius 3 is 1.46 bits per heavy atom. The van der Waals surface area contributed by atoms with E-state index in [-0.39, 0.29) is 70.0 Å². The molecule has 0 aliphatic carbocycles. The number of carbonyl (C=O) groups is 8. The van der Waals surface area contributed by atoms with Crippen LogP contribution in [0, 0.1) is 5.92 Å². The molecule has 0 bridgehead atoms. The van der Waals surface area contributed by atoms with Gasteiger partial charge in [0.2, 0.25) is 47.3 Å². The van der Waals surface area contributed by atoms with E-state index in [1.165, 1.54) is 16.7 Å². The summed E-state index contributed by atoms with van der Waals surface area (Å²) in [5.74, 6) is -5.19. The second-order valence-corrected chi connectivity index (χ2v) is 19.1. The predicted molar refractivity (Wildman–Crippen MR) is 267 cm³/mol. The topological polar surface area (TPSA) is 280 Å². The molecule has 0 aromatic heterocycles. The van der Waals surface area contributed by atoms with Gasteiger partial charge in [0.25, 0.3) is 0 Å². The van der Waals surface area contributed by atoms with Crippen LogP contribution in [0.2, 0.25) is 0 Å². The van der Waals surface area contributed by atoms with Crippen LogP contribution < -0.4 is 43.4 Å². The van der Waals surface area contributed by atoms with Crippen molar-refractivity contribution in [1.29, 1.82) is 0 Å². The summed E-state index contributed by atoms with van der Waals surface area (Å²) in [5, 5.41) is 17.0. The van der Waals surface area contributed by atoms with Crippen LogP contribution in [-0.4, -0.2) is 131 Å². The number of aliphatic imine (C=N–C) groups is 1. The quantitative estimate of drug-likeness (QED) is 0.0716. The first-order chi connectivity index (χ1) is 34.1. The Balaban J connectivity index is 1.39. The van der Waals surface area contributed by atoms with E-state index >= 15 is 0 Å². The molecule has 3 aliphatic rings. The second-order valence-electron chi connectivity index (χ2n) is 19.1. The Labute approximate surface area is 415 Å². The van der Waals surface area contributed by atoms with E-state index in [4.69, 9.17) is 11.5 Å². The maximum absolute atomic E-state index is 14.7. The van der Waals surface area contributed by atoms with Gasteiger partial charge in [-0.05, 0) is 74.5 Å². The van der Waals surface area contributed by atoms with Gasteiger partial charge in [-0.1, -0.05) is 105 Å². The third-order valence-corrected chi connectivity index (χ3v) is 13.1. The first-order valence-electron chi connectivity index (χ1n) is 24.7. The summed E-state index contributed by atoms with van der Waals surface area (Å²) in [7, 11) is 0. The molecule has 0 radical (unpaired) electrons. The number of rotatable bonds is 12. The van der Waals surface area contributed by atoms with Gasteiger partial charge in [0.05, 0.1) is 0 Å². The molecule has 3 aromatic rings. The molecule has 0 spiro atoms. The number of guanidine groups is 1. The summed E-state index contributed by atoms with van der Waals surface area (Å²) in [6, 6.07) is 17.9. The molecule has 8 atom stereocenters. The van der Waals surface area contributed by atoms with Gasteiger partial charge < -0.3 is 53.2 Å². The van der Waals surface area contributed by atoms with Crippen LogP contribution in [0.1, 0.15) is 82.4 Å². The monoisotopic (exact) mass is 976 g/mol. The van der Waals surface area contributed by atoms with E-state index in [1.807, 2.05) is 56.3 Å². The largest absolute Gasteiger partial charge is 0.370 e. The molecule has 19 heteroatoms. The summed E-state index contributed by atoms with van der Waals surface area (Å²) in [6.07, 6.45) is 2.14. The molecule has 0 unspecified atom stereocenters. The van der Waals surface area contributed by atoms with Crippen LogP contribution in [0.3, 0.4) is 0 Å². The number of hydrogen-bond acceptors (Lipinski definition) is 9. The maximum Gasteiger partial charge on any atom is 0.246 e. The highest BCUT2D eigenvalue weighted by Crippen LogP contribution is 2.27. The molecule has 10 N–H and O–H groups in total. The zero-order valence-electron chi connectivity index (χ0n) is 40.8. The molecule has 19 nitrogen and oxygen atoms in total. The SMILES string of the molecule is CC(C)C[C@@H]1NC(=O)[C@H](Cc2ccccc2)NC(=O)[C@H](Cc2ccccc2)NC(=O)[C@H](CCCN=C(N)N)NC(=O)[C@@H]2CCCN2C(=O)[C@H]2CCCN2C(=O)[C@H](Cc2ccccc2)NC(=O)[C@H](C)NC1=O. The molecule has 3 aromatic carbocycles. The van der Waals surface area contributed by atoms with Crippen LogP contribution >= 0.6 is 0 Å². The molecule has 71 heavy (non-hydrogen) atoms. The predicted octanol–water partition coefficient (Wildman–Crippen LogP) is 0.739. The van der Waals surface area contributed by atoms with Crippen LogP contribution in [0.15, 0.2) is 96.0 Å². The number of nitrogens with two attached hydrogens (primary N) is 2. The van der Waals surface area contributed by atoms with E-state index < -0.39 is 95.6 Å². The zero-order chi connectivity index (χ0) is 51.0. The molecule has 8 amide bonds. The fourth-order valence-electron chi connectivity index (χ4n) is 9.39. The number of nitrogens with one attached hydrogen (secondary N) is 6. The molecule has 3 heterocycles. The highest BCUT2D eigenvalue weighted by Gasteiger charge is 2.44. The Hall–Kier alpha value is -7.31. The third-order valence-electron chi connectivity index (χ3n) is 13.1. The van der Waals surface area contributed by atoms with E-state index in [1.54, 1.807) is 48.5 Å². The van der Waals surface area contributed by atoms with Crippen molar-refractivity contribution >= 4 is 53.2 Å². The molecule has 6 rings (SSSR count). The number of nitrogens with zero attached hydrogens (tertiary/aromatic N) is 3. The maximum atomic E-state index is 14.7. The van der Waals surface area contributed by atoms with Gasteiger partial charge >= 0.3 is 0 Å². The second kappa shape index (κ2) is 25.5. The van der Waals surface area contributed by atoms with Crippen molar-refractivity contribution < 1.29 is 38.4 Å². The lowest BCUT2D eigenvalue weighted by Crippen LogP contribution is -2.61. The van der Waals surface area contributed by atoms with Crippen LogP contribution in [0.5, 0.6) is 0 Å². The van der Waals surface area contributed by atoms with Gasteiger partial charge in [0, 0.05) is 38.9 Å². The van der Waals surface area contributed by atoms with E-state index in [0.29, 0.717) is 36.8 Å². The Morgan fingerprint density at radius 1 is 0.535 bits per heavy atom. The number of amides is 8. The van der Waals surface area contributed by atoms with E-state index in [9.17, 15) is 38.4 Å². The van der Waals surface area contributed by atoms with Gasteiger partial charge in [-0.25, -0.2) is 0 Å². The van der Waals surface area contributed by atoms with Crippen LogP contribution in [0.4, 0.5) is 0 Å². The fourth-order valence-corrected chi connectivity index (χ4v) is 9.39. The fraction of sp³-hybridized carbons (Fsp3) is 0.481. The standard InChI is InChI=1S/C52H69N11O8/c1-32(2)28-38-46(66)56-33(3)44(64)61-41(31-36-20-11-6-12-21-36)50(70)63-27-15-24-43(63)51(71)62-26-14-23-42(62)49(69)57-37(22-13-25-55-52(53)54)45(65)59-39(29-34-16-7-4-8-17-34)48(68)60-40(47(67)58-38)30-35-18-9-5-10-19-35/h4-12,16-21,32-33,37-43H,13-15,22-31H2,1-3H3,(H,56,66)(H,57,69)(H,58,67)(H,59,65)(H,60,68)(H,61,64)(H4,53,54,55)/t33-,37-,38-,39-,40-,41-,42-,43+/m0/s1. The van der Waals surface area contributed by atoms with Gasteiger partial charge in [0.15, 0.2) is 5.96 Å². The zero-order valence-corrected chi connectivity index (χ0v) is 40.8. The summed E-state index contributed by atoms with van der Waals surface area (Å²) in [5.41, 5.74) is 13.3. The minimum Gasteiger partial charge on any atom is -0.370 e. The highest BCUT2D eigenvalue weighted by molar-refractivity contribution is 5.99. The number of carbonyl (C=O) groups excluding carboxylic acids is 8. The normalized spacial score (nSPS) is 25.4. The minimum atomic E-state index is -1.27. The van der Waals surface area contributed by atoms with Crippen molar-refractivity contribution in [3.8, 4) is 0 Å². The van der Waals surface area contributed by atoms with E-state index in [2.05, 4.69) is 36.9 Å². The lowest BCUT2D eigenvalue weighted by molar-refractivity contribution is -0.148. The first-order valence-corrected chi connectivity index (χ1v) is 24.7. The van der Waals surface area contributed by atoms with Gasteiger partial charge in [0.1, 0.15) is 48.3 Å². The Bertz CT molecular complexity index is 2370. The van der Waals surface area contributed by atoms with Crippen molar-refractivity contribution in [2.75, 3.05) is 19.6 Å². The van der Waals surface area contributed by atoms with Crippen molar-refractivity contribution in [1.82, 2.24) is 41.7 Å². The van der Waals surface area contributed by atoms with Crippen molar-refractivity contribution in [3.05, 3.63) is 108 Å². The van der Waals surface area contributed by atoms with Crippen LogP contribution in [0.25, 0.3) is 0 Å². The average molecular weight is 976 g/mol. The highest BCUT2D eigenvalue weighted by atomic mass is 16.2. The van der Waals surface area contributed by atoms with Gasteiger partial charge in [-0.15, -0.1) is 0 Å². The Morgan fingerprint density at radius 2 is 0.958 bits per heavy atom. The summed E-state index contributed by atoms with van der Waals surface area (Å²) >= 11 is 0. The minimum absolute atomic E-state index is 0.00118. The average Bonchev–Trinajstić information content (AvgIpc) is 4.06. The lowest BCUT2D eigenvalue weighted by atomic mass is 9.99. The van der Waals surface area contributed by atoms with Crippen LogP contribution in [-0.2, 0) is 57.6 Å². The summed E-state index contributed by atoms with van der Waals surface area (Å²) in [4.78, 5) is 123. The van der Waals surface area contributed by atoms with Crippen molar-refractivity contribution in [2.24, 2.45) is 22.4 Å². The smallest absolute Gasteiger partial charge is 0.246 e. The number of benzene rings is 3. The molecular formula is C52H69N11O8. The van der Waals surface area contributed by atoms with Crippen molar-refractivity contribution in [3.63, 3.8) is 0 Å². The molecular weight excluding hydrogens is 907 g/mol.